The molecule has 2 aromatic rings. The number of para-hydroxylation sites is 1. The van der Waals surface area contributed by atoms with Gasteiger partial charge in [0.1, 0.15) is 6.04 Å². The van der Waals surface area contributed by atoms with E-state index in [9.17, 15) is 9.59 Å². The molecule has 1 aliphatic heterocycles. The Morgan fingerprint density at radius 3 is 2.70 bits per heavy atom. The van der Waals surface area contributed by atoms with Gasteiger partial charge in [-0.1, -0.05) is 42.8 Å². The average molecular weight is 329 g/mol. The van der Waals surface area contributed by atoms with Crippen molar-refractivity contribution in [1.29, 1.82) is 0 Å². The minimum Gasteiger partial charge on any atom is -0.373 e. The van der Waals surface area contributed by atoms with Crippen LogP contribution in [0.3, 0.4) is 0 Å². The van der Waals surface area contributed by atoms with Crippen LogP contribution in [-0.2, 0) is 16.0 Å². The zero-order chi connectivity index (χ0) is 16.4. The molecule has 3 rings (SSSR count). The predicted octanol–water partition coefficient (Wildman–Crippen LogP) is 3.65. The molecule has 23 heavy (non-hydrogen) atoms. The molecule has 1 unspecified atom stereocenters. The monoisotopic (exact) mass is 328 g/mol. The van der Waals surface area contributed by atoms with Crippen molar-refractivity contribution in [2.45, 2.75) is 25.8 Å². The van der Waals surface area contributed by atoms with Gasteiger partial charge in [-0.2, -0.15) is 0 Å². The maximum Gasteiger partial charge on any atom is 0.256 e. The van der Waals surface area contributed by atoms with Crippen LogP contribution in [0.25, 0.3) is 0 Å². The molecule has 1 heterocycles. The highest BCUT2D eigenvalue weighted by Crippen LogP contribution is 2.28. The molecule has 118 valence electrons. The van der Waals surface area contributed by atoms with Gasteiger partial charge >= 0.3 is 0 Å². The molecule has 1 N–H and O–H groups in total. The van der Waals surface area contributed by atoms with E-state index in [1.165, 1.54) is 4.90 Å². The SMILES string of the molecule is CCc1ccccc1N1C(=O)CC(Nc2cccc(Cl)c2)C1=O. The van der Waals surface area contributed by atoms with Gasteiger partial charge < -0.3 is 5.32 Å². The highest BCUT2D eigenvalue weighted by atomic mass is 35.5. The van der Waals surface area contributed by atoms with E-state index in [0.717, 1.165) is 17.7 Å². The number of nitrogens with zero attached hydrogens (tertiary/aromatic N) is 1. The maximum absolute atomic E-state index is 12.7. The van der Waals surface area contributed by atoms with Gasteiger partial charge in [0.15, 0.2) is 0 Å². The molecule has 1 atom stereocenters. The van der Waals surface area contributed by atoms with Crippen LogP contribution in [0.1, 0.15) is 18.9 Å². The van der Waals surface area contributed by atoms with Gasteiger partial charge in [-0.05, 0) is 36.2 Å². The van der Waals surface area contributed by atoms with E-state index >= 15 is 0 Å². The van der Waals surface area contributed by atoms with Gasteiger partial charge in [0.05, 0.1) is 12.1 Å². The summed E-state index contributed by atoms with van der Waals surface area (Å²) in [4.78, 5) is 26.3. The Hall–Kier alpha value is -2.33. The summed E-state index contributed by atoms with van der Waals surface area (Å²) in [5, 5.41) is 3.69. The number of halogens is 1. The number of imide groups is 1. The summed E-state index contributed by atoms with van der Waals surface area (Å²) in [6, 6.07) is 14.1. The van der Waals surface area contributed by atoms with Crippen molar-refractivity contribution in [2.24, 2.45) is 0 Å². The van der Waals surface area contributed by atoms with Gasteiger partial charge in [0, 0.05) is 10.7 Å². The Morgan fingerprint density at radius 1 is 1.17 bits per heavy atom. The smallest absolute Gasteiger partial charge is 0.256 e. The molecular weight excluding hydrogens is 312 g/mol. The fourth-order valence-corrected chi connectivity index (χ4v) is 3.00. The zero-order valence-electron chi connectivity index (χ0n) is 12.8. The lowest BCUT2D eigenvalue weighted by Gasteiger charge is -2.19. The molecule has 0 aromatic heterocycles. The average Bonchev–Trinajstić information content (AvgIpc) is 2.81. The summed E-state index contributed by atoms with van der Waals surface area (Å²) in [5.41, 5.74) is 2.40. The second kappa shape index (κ2) is 6.42. The number of anilines is 2. The zero-order valence-corrected chi connectivity index (χ0v) is 13.5. The minimum atomic E-state index is -0.564. The standard InChI is InChI=1S/C18H17ClN2O2/c1-2-12-6-3-4-9-16(12)21-17(22)11-15(18(21)23)20-14-8-5-7-13(19)10-14/h3-10,15,20H,2,11H2,1H3. The van der Waals surface area contributed by atoms with Crippen LogP contribution < -0.4 is 10.2 Å². The van der Waals surface area contributed by atoms with Crippen molar-refractivity contribution < 1.29 is 9.59 Å². The third-order valence-electron chi connectivity index (χ3n) is 3.93. The molecule has 0 bridgehead atoms. The van der Waals surface area contributed by atoms with E-state index in [2.05, 4.69) is 5.32 Å². The first-order valence-corrected chi connectivity index (χ1v) is 7.94. The molecule has 1 aliphatic rings. The van der Waals surface area contributed by atoms with Gasteiger partial charge in [-0.15, -0.1) is 0 Å². The lowest BCUT2D eigenvalue weighted by molar-refractivity contribution is -0.121. The first-order chi connectivity index (χ1) is 11.1. The van der Waals surface area contributed by atoms with Gasteiger partial charge in [0.2, 0.25) is 5.91 Å². The quantitative estimate of drug-likeness (QED) is 0.872. The number of hydrogen-bond acceptors (Lipinski definition) is 3. The van der Waals surface area contributed by atoms with E-state index in [4.69, 9.17) is 11.6 Å². The Balaban J connectivity index is 1.85. The van der Waals surface area contributed by atoms with Crippen molar-refractivity contribution in [3.8, 4) is 0 Å². The van der Waals surface area contributed by atoms with Gasteiger partial charge in [0.25, 0.3) is 5.91 Å². The van der Waals surface area contributed by atoms with Crippen LogP contribution in [-0.4, -0.2) is 17.9 Å². The second-order valence-electron chi connectivity index (χ2n) is 5.46. The highest BCUT2D eigenvalue weighted by Gasteiger charge is 2.40. The number of hydrogen-bond donors (Lipinski definition) is 1. The second-order valence-corrected chi connectivity index (χ2v) is 5.90. The third-order valence-corrected chi connectivity index (χ3v) is 4.16. The Bertz CT molecular complexity index is 760. The summed E-state index contributed by atoms with van der Waals surface area (Å²) in [5.74, 6) is -0.411. The third kappa shape index (κ3) is 3.08. The Kier molecular flexibility index (Phi) is 4.35. The van der Waals surface area contributed by atoms with E-state index < -0.39 is 6.04 Å². The molecule has 4 nitrogen and oxygen atoms in total. The number of nitrogens with one attached hydrogen (secondary N) is 1. The molecular formula is C18H17ClN2O2. The summed E-state index contributed by atoms with van der Waals surface area (Å²) < 4.78 is 0. The van der Waals surface area contributed by atoms with Crippen LogP contribution in [0.2, 0.25) is 5.02 Å². The highest BCUT2D eigenvalue weighted by molar-refractivity contribution is 6.30. The normalized spacial score (nSPS) is 17.7. The van der Waals surface area contributed by atoms with E-state index in [0.29, 0.717) is 10.7 Å². The molecule has 0 radical (unpaired) electrons. The molecule has 5 heteroatoms. The van der Waals surface area contributed by atoms with E-state index in [-0.39, 0.29) is 18.2 Å². The summed E-state index contributed by atoms with van der Waals surface area (Å²) in [7, 11) is 0. The summed E-state index contributed by atoms with van der Waals surface area (Å²) >= 11 is 5.96. The van der Waals surface area contributed by atoms with Crippen LogP contribution in [0, 0.1) is 0 Å². The lowest BCUT2D eigenvalue weighted by atomic mass is 10.1. The van der Waals surface area contributed by atoms with Crippen LogP contribution in [0.15, 0.2) is 48.5 Å². The number of rotatable bonds is 4. The lowest BCUT2D eigenvalue weighted by Crippen LogP contribution is -2.35. The molecule has 1 saturated heterocycles. The van der Waals surface area contributed by atoms with E-state index in [1.54, 1.807) is 18.2 Å². The maximum atomic E-state index is 12.7. The van der Waals surface area contributed by atoms with Gasteiger partial charge in [-0.3, -0.25) is 9.59 Å². The number of carbonyl (C=O) groups is 2. The Morgan fingerprint density at radius 2 is 1.96 bits per heavy atom. The first-order valence-electron chi connectivity index (χ1n) is 7.57. The number of amides is 2. The van der Waals surface area contributed by atoms with Crippen LogP contribution in [0.5, 0.6) is 0 Å². The minimum absolute atomic E-state index is 0.142. The molecule has 1 fully saturated rings. The fraction of sp³-hybridized carbons (Fsp3) is 0.222. The predicted molar refractivity (Wildman–Crippen MR) is 91.8 cm³/mol. The van der Waals surface area contributed by atoms with Crippen molar-refractivity contribution in [2.75, 3.05) is 10.2 Å². The summed E-state index contributed by atoms with van der Waals surface area (Å²) in [6.45, 7) is 2.01. The number of benzene rings is 2. The molecule has 2 aromatic carbocycles. The van der Waals surface area contributed by atoms with Crippen LogP contribution in [0.4, 0.5) is 11.4 Å². The molecule has 0 aliphatic carbocycles. The topological polar surface area (TPSA) is 49.4 Å². The number of aryl methyl sites for hydroxylation is 1. The van der Waals surface area contributed by atoms with Crippen LogP contribution >= 0.6 is 11.6 Å². The van der Waals surface area contributed by atoms with Crippen molar-refractivity contribution in [1.82, 2.24) is 0 Å². The van der Waals surface area contributed by atoms with Crippen molar-refractivity contribution in [3.63, 3.8) is 0 Å². The number of carbonyl (C=O) groups excluding carboxylic acids is 2. The van der Waals surface area contributed by atoms with Gasteiger partial charge in [-0.25, -0.2) is 4.90 Å². The molecule has 0 saturated carbocycles. The van der Waals surface area contributed by atoms with E-state index in [1.807, 2.05) is 37.3 Å². The van der Waals surface area contributed by atoms with Crippen molar-refractivity contribution in [3.05, 3.63) is 59.1 Å². The molecule has 2 amide bonds. The fourth-order valence-electron chi connectivity index (χ4n) is 2.81. The largest absolute Gasteiger partial charge is 0.373 e. The molecule has 0 spiro atoms. The van der Waals surface area contributed by atoms with Crippen molar-refractivity contribution >= 4 is 34.8 Å². The first kappa shape index (κ1) is 15.6. The summed E-state index contributed by atoms with van der Waals surface area (Å²) in [6.07, 6.45) is 0.906. The Labute approximate surface area is 140 Å².